The highest BCUT2D eigenvalue weighted by atomic mass is 31.2. The van der Waals surface area contributed by atoms with Crippen LogP contribution in [0.5, 0.6) is 0 Å². The first kappa shape index (κ1) is 85.1. The zero-order valence-electron chi connectivity index (χ0n) is 56.0. The van der Waals surface area contributed by atoms with Gasteiger partial charge in [-0.1, -0.05) is 304 Å². The van der Waals surface area contributed by atoms with Crippen molar-refractivity contribution in [1.82, 2.24) is 0 Å². The Balaban J connectivity index is 5.14. The van der Waals surface area contributed by atoms with Crippen LogP contribution in [0.25, 0.3) is 0 Å². The van der Waals surface area contributed by atoms with E-state index in [1.807, 2.05) is 0 Å². The molecule has 0 spiro atoms. The maximum absolute atomic E-state index is 13.0. The molecule has 0 heterocycles. The molecular formula is C68H132O17P2. The molecule has 5 atom stereocenters. The third-order valence-corrected chi connectivity index (χ3v) is 17.8. The average Bonchev–Trinajstić information content (AvgIpc) is 3.54. The SMILES string of the molecule is CCCCCCCCCCCCCCCCCCCCC(=O)O[C@H](COC(=O)CCCCCCCCCCCCCCCCC)COP(=O)(O)OC[C@@H](O)COP(=O)(O)OC[C@@H](COC(=O)CCCCCCCCC)OC(=O)CCCCCCCCC. The van der Waals surface area contributed by atoms with E-state index in [-0.39, 0.29) is 25.7 Å². The Labute approximate surface area is 530 Å². The summed E-state index contributed by atoms with van der Waals surface area (Å²) >= 11 is 0. The van der Waals surface area contributed by atoms with E-state index < -0.39 is 97.5 Å². The molecule has 0 aliphatic heterocycles. The topological polar surface area (TPSA) is 237 Å². The lowest BCUT2D eigenvalue weighted by Gasteiger charge is -2.21. The molecule has 17 nitrogen and oxygen atoms in total. The Hall–Kier alpha value is -1.94. The standard InChI is InChI=1S/C68H132O17P2/c1-5-9-13-17-21-23-25-27-29-30-31-33-35-37-39-43-47-51-55-68(73)85-64(59-79-66(71)53-49-45-42-38-36-34-32-28-26-24-22-18-14-10-6-2)61-83-87(76,77)81-57-62(69)56-80-86(74,75)82-60-63(84-67(72)54-50-46-41-20-16-12-8-4)58-78-65(70)52-48-44-40-19-15-11-7-3/h62-64,69H,5-61H2,1-4H3,(H,74,75)(H,76,77)/t62-,63+,64+/m0/s1. The maximum atomic E-state index is 13.0. The van der Waals surface area contributed by atoms with Gasteiger partial charge >= 0.3 is 39.5 Å². The third kappa shape index (κ3) is 62.6. The molecule has 3 N–H and O–H groups in total. The van der Waals surface area contributed by atoms with Crippen LogP contribution in [0.1, 0.15) is 355 Å². The number of unbranched alkanes of at least 4 members (excludes halogenated alkanes) is 43. The normalized spacial score (nSPS) is 14.1. The first-order valence-corrected chi connectivity index (χ1v) is 38.8. The van der Waals surface area contributed by atoms with Gasteiger partial charge in [0, 0.05) is 25.7 Å². The van der Waals surface area contributed by atoms with Gasteiger partial charge in [0.25, 0.3) is 0 Å². The van der Waals surface area contributed by atoms with E-state index >= 15 is 0 Å². The molecule has 0 aliphatic carbocycles. The zero-order valence-corrected chi connectivity index (χ0v) is 57.8. The van der Waals surface area contributed by atoms with E-state index in [0.717, 1.165) is 116 Å². The summed E-state index contributed by atoms with van der Waals surface area (Å²) in [7, 11) is -9.88. The van der Waals surface area contributed by atoms with Gasteiger partial charge in [0.2, 0.25) is 0 Å². The molecule has 19 heteroatoms. The number of phosphoric acid groups is 2. The number of hydrogen-bond acceptors (Lipinski definition) is 15. The molecule has 0 saturated heterocycles. The van der Waals surface area contributed by atoms with Gasteiger partial charge in [-0.3, -0.25) is 37.3 Å². The Morgan fingerprint density at radius 2 is 0.460 bits per heavy atom. The monoisotopic (exact) mass is 1280 g/mol. The summed E-state index contributed by atoms with van der Waals surface area (Å²) in [6.07, 6.45) is 50.3. The van der Waals surface area contributed by atoms with Crippen molar-refractivity contribution < 1.29 is 80.2 Å². The lowest BCUT2D eigenvalue weighted by atomic mass is 10.0. The van der Waals surface area contributed by atoms with E-state index in [0.29, 0.717) is 25.7 Å². The van der Waals surface area contributed by atoms with Crippen LogP contribution in [0.15, 0.2) is 0 Å². The molecule has 0 amide bonds. The number of hydrogen-bond donors (Lipinski definition) is 3. The molecule has 0 aliphatic rings. The highest BCUT2D eigenvalue weighted by Crippen LogP contribution is 2.45. The van der Waals surface area contributed by atoms with Crippen LogP contribution in [-0.4, -0.2) is 96.7 Å². The van der Waals surface area contributed by atoms with Gasteiger partial charge in [0.1, 0.15) is 19.3 Å². The van der Waals surface area contributed by atoms with Crippen molar-refractivity contribution in [1.29, 1.82) is 0 Å². The van der Waals surface area contributed by atoms with Crippen LogP contribution < -0.4 is 0 Å². The van der Waals surface area contributed by atoms with Gasteiger partial charge in [-0.2, -0.15) is 0 Å². The molecule has 516 valence electrons. The van der Waals surface area contributed by atoms with Gasteiger partial charge in [-0.05, 0) is 25.7 Å². The molecule has 0 radical (unpaired) electrons. The first-order chi connectivity index (χ1) is 42.2. The zero-order chi connectivity index (χ0) is 64.0. The predicted molar refractivity (Wildman–Crippen MR) is 349 cm³/mol. The second-order valence-corrected chi connectivity index (χ2v) is 27.5. The molecular weight excluding hydrogens is 1150 g/mol. The number of carbonyl (C=O) groups is 4. The summed E-state index contributed by atoms with van der Waals surface area (Å²) in [5.41, 5.74) is 0. The van der Waals surface area contributed by atoms with Gasteiger partial charge in [-0.25, -0.2) is 9.13 Å². The molecule has 0 aromatic heterocycles. The van der Waals surface area contributed by atoms with Gasteiger partial charge in [0.05, 0.1) is 26.4 Å². The quantitative estimate of drug-likeness (QED) is 0.0222. The molecule has 0 rings (SSSR count). The van der Waals surface area contributed by atoms with Crippen molar-refractivity contribution in [2.24, 2.45) is 0 Å². The van der Waals surface area contributed by atoms with E-state index in [2.05, 4.69) is 27.7 Å². The summed E-state index contributed by atoms with van der Waals surface area (Å²) in [6, 6.07) is 0. The fourth-order valence-electron chi connectivity index (χ4n) is 10.3. The molecule has 0 bridgehead atoms. The molecule has 87 heavy (non-hydrogen) atoms. The van der Waals surface area contributed by atoms with Crippen molar-refractivity contribution in [3.8, 4) is 0 Å². The maximum Gasteiger partial charge on any atom is 0.472 e. The van der Waals surface area contributed by atoms with E-state index in [1.54, 1.807) is 0 Å². The summed E-state index contributed by atoms with van der Waals surface area (Å²) in [4.78, 5) is 72.2. The number of aliphatic hydroxyl groups excluding tert-OH is 1. The molecule has 0 fully saturated rings. The van der Waals surface area contributed by atoms with Crippen molar-refractivity contribution >= 4 is 39.5 Å². The lowest BCUT2D eigenvalue weighted by Crippen LogP contribution is -2.30. The van der Waals surface area contributed by atoms with Crippen LogP contribution in [0.2, 0.25) is 0 Å². The second-order valence-electron chi connectivity index (χ2n) is 24.6. The predicted octanol–water partition coefficient (Wildman–Crippen LogP) is 19.5. The van der Waals surface area contributed by atoms with Gasteiger partial charge < -0.3 is 33.8 Å². The van der Waals surface area contributed by atoms with Crippen molar-refractivity contribution in [2.75, 3.05) is 39.6 Å². The van der Waals surface area contributed by atoms with Crippen molar-refractivity contribution in [3.63, 3.8) is 0 Å². The number of aliphatic hydroxyl groups is 1. The molecule has 0 aromatic carbocycles. The van der Waals surface area contributed by atoms with Crippen LogP contribution in [0.3, 0.4) is 0 Å². The summed E-state index contributed by atoms with van der Waals surface area (Å²) in [5.74, 6) is -2.13. The van der Waals surface area contributed by atoms with E-state index in [4.69, 9.17) is 37.0 Å². The highest BCUT2D eigenvalue weighted by molar-refractivity contribution is 7.47. The van der Waals surface area contributed by atoms with Gasteiger partial charge in [-0.15, -0.1) is 0 Å². The van der Waals surface area contributed by atoms with Crippen LogP contribution in [-0.2, 0) is 65.4 Å². The summed E-state index contributed by atoms with van der Waals surface area (Å²) < 4.78 is 68.0. The number of esters is 4. The second kappa shape index (κ2) is 62.8. The summed E-state index contributed by atoms with van der Waals surface area (Å²) in [5, 5.41) is 10.5. The Morgan fingerprint density at radius 3 is 0.678 bits per heavy atom. The largest absolute Gasteiger partial charge is 0.472 e. The number of carbonyl (C=O) groups excluding carboxylic acids is 4. The Morgan fingerprint density at radius 1 is 0.276 bits per heavy atom. The van der Waals surface area contributed by atoms with E-state index in [1.165, 1.54) is 161 Å². The minimum atomic E-state index is -4.95. The molecule has 0 aromatic rings. The first-order valence-electron chi connectivity index (χ1n) is 35.8. The third-order valence-electron chi connectivity index (χ3n) is 15.9. The number of rotatable bonds is 69. The van der Waals surface area contributed by atoms with Gasteiger partial charge in [0.15, 0.2) is 12.2 Å². The Bertz CT molecular complexity index is 1670. The fraction of sp³-hybridized carbons (Fsp3) is 0.941. The fourth-order valence-corrected chi connectivity index (χ4v) is 11.9. The Kier molecular flexibility index (Phi) is 61.4. The van der Waals surface area contributed by atoms with Crippen LogP contribution in [0.4, 0.5) is 0 Å². The molecule has 0 saturated carbocycles. The van der Waals surface area contributed by atoms with Crippen LogP contribution in [0, 0.1) is 0 Å². The highest BCUT2D eigenvalue weighted by Gasteiger charge is 2.30. The lowest BCUT2D eigenvalue weighted by molar-refractivity contribution is -0.161. The van der Waals surface area contributed by atoms with Crippen molar-refractivity contribution in [2.45, 2.75) is 373 Å². The van der Waals surface area contributed by atoms with E-state index in [9.17, 15) is 43.2 Å². The summed E-state index contributed by atoms with van der Waals surface area (Å²) in [6.45, 7) is 4.85. The minimum absolute atomic E-state index is 0.104. The van der Waals surface area contributed by atoms with Crippen LogP contribution >= 0.6 is 15.6 Å². The number of phosphoric ester groups is 2. The molecule has 2 unspecified atom stereocenters. The number of ether oxygens (including phenoxy) is 4. The smallest absolute Gasteiger partial charge is 0.462 e. The minimum Gasteiger partial charge on any atom is -0.462 e. The van der Waals surface area contributed by atoms with Crippen molar-refractivity contribution in [3.05, 3.63) is 0 Å². The average molecular weight is 1280 g/mol.